The topological polar surface area (TPSA) is 40.5 Å². The number of amides is 1. The van der Waals surface area contributed by atoms with Crippen molar-refractivity contribution in [2.24, 2.45) is 0 Å². The molecule has 1 aromatic carbocycles. The number of alkyl halides is 3. The maximum atomic E-state index is 12.5. The Bertz CT molecular complexity index is 600. The number of hydrogen-bond donors (Lipinski definition) is 1. The smallest absolute Gasteiger partial charge is 0.369 e. The van der Waals surface area contributed by atoms with E-state index in [1.807, 2.05) is 0 Å². The Labute approximate surface area is 114 Å². The second kappa shape index (κ2) is 4.84. The summed E-state index contributed by atoms with van der Waals surface area (Å²) < 4.78 is 37.6. The number of likely N-dealkylation sites (tertiary alicyclic amines) is 1. The van der Waals surface area contributed by atoms with E-state index in [2.05, 4.69) is 11.8 Å². The highest BCUT2D eigenvalue weighted by Gasteiger charge is 2.42. The van der Waals surface area contributed by atoms with Gasteiger partial charge in [0.05, 0.1) is 5.56 Å². The van der Waals surface area contributed by atoms with Gasteiger partial charge < -0.3 is 10.0 Å². The number of carbonyl (C=O) groups excluding carboxylic acids is 1. The highest BCUT2D eigenvalue weighted by Crippen LogP contribution is 2.29. The molecule has 0 aromatic heterocycles. The summed E-state index contributed by atoms with van der Waals surface area (Å²) in [6.07, 6.45) is -4.30. The Morgan fingerprint density at radius 2 is 2.10 bits per heavy atom. The standard InChI is InChI=1S/C14H12F3NO2/c1-18-8-7-13(20,12(18)19)6-5-10-3-2-4-11(9-10)14(15,16)17/h2-4,9,20H,7-8H2,1H3/t13-/m0/s1. The summed E-state index contributed by atoms with van der Waals surface area (Å²) in [4.78, 5) is 13.0. The number of hydrogen-bond acceptors (Lipinski definition) is 2. The van der Waals surface area contributed by atoms with Gasteiger partial charge >= 0.3 is 6.18 Å². The van der Waals surface area contributed by atoms with E-state index in [4.69, 9.17) is 0 Å². The van der Waals surface area contributed by atoms with Crippen molar-refractivity contribution in [3.63, 3.8) is 0 Å². The summed E-state index contributed by atoms with van der Waals surface area (Å²) in [6.45, 7) is 0.368. The summed E-state index contributed by atoms with van der Waals surface area (Å²) in [5.41, 5.74) is -2.51. The summed E-state index contributed by atoms with van der Waals surface area (Å²) in [5, 5.41) is 10.0. The Morgan fingerprint density at radius 1 is 1.40 bits per heavy atom. The lowest BCUT2D eigenvalue weighted by molar-refractivity contribution is -0.138. The van der Waals surface area contributed by atoms with Crippen molar-refractivity contribution < 1.29 is 23.1 Å². The predicted octanol–water partition coefficient (Wildman–Crippen LogP) is 1.65. The fourth-order valence-electron chi connectivity index (χ4n) is 1.92. The molecule has 1 atom stereocenters. The molecule has 1 saturated heterocycles. The van der Waals surface area contributed by atoms with E-state index >= 15 is 0 Å². The zero-order chi connectivity index (χ0) is 15.0. The van der Waals surface area contributed by atoms with Crippen LogP contribution in [0.2, 0.25) is 0 Å². The maximum Gasteiger partial charge on any atom is 0.416 e. The predicted molar refractivity (Wildman–Crippen MR) is 65.5 cm³/mol. The van der Waals surface area contributed by atoms with Gasteiger partial charge in [-0.05, 0) is 18.2 Å². The molecule has 0 radical (unpaired) electrons. The number of aliphatic hydroxyl groups is 1. The van der Waals surface area contributed by atoms with Gasteiger partial charge in [0.1, 0.15) is 0 Å². The Hall–Kier alpha value is -2.00. The lowest BCUT2D eigenvalue weighted by atomic mass is 10.0. The molecule has 0 bridgehead atoms. The fourth-order valence-corrected chi connectivity index (χ4v) is 1.92. The zero-order valence-electron chi connectivity index (χ0n) is 10.7. The maximum absolute atomic E-state index is 12.5. The fraction of sp³-hybridized carbons (Fsp3) is 0.357. The van der Waals surface area contributed by atoms with Crippen molar-refractivity contribution in [1.82, 2.24) is 4.90 Å². The number of nitrogens with zero attached hydrogens (tertiary/aromatic N) is 1. The minimum atomic E-state index is -4.45. The van der Waals surface area contributed by atoms with Crippen molar-refractivity contribution in [2.45, 2.75) is 18.2 Å². The number of benzene rings is 1. The molecule has 106 valence electrons. The van der Waals surface area contributed by atoms with Crippen molar-refractivity contribution >= 4 is 5.91 Å². The highest BCUT2D eigenvalue weighted by atomic mass is 19.4. The average molecular weight is 283 g/mol. The minimum Gasteiger partial charge on any atom is -0.369 e. The first-order valence-corrected chi connectivity index (χ1v) is 5.91. The molecule has 0 spiro atoms. The summed E-state index contributed by atoms with van der Waals surface area (Å²) in [6, 6.07) is 4.46. The van der Waals surface area contributed by atoms with E-state index in [0.29, 0.717) is 6.54 Å². The second-order valence-electron chi connectivity index (χ2n) is 4.67. The Kier molecular flexibility index (Phi) is 3.48. The van der Waals surface area contributed by atoms with E-state index in [9.17, 15) is 23.1 Å². The van der Waals surface area contributed by atoms with Crippen LogP contribution in [0.3, 0.4) is 0 Å². The monoisotopic (exact) mass is 283 g/mol. The largest absolute Gasteiger partial charge is 0.416 e. The summed E-state index contributed by atoms with van der Waals surface area (Å²) >= 11 is 0. The Morgan fingerprint density at radius 3 is 2.65 bits per heavy atom. The quantitative estimate of drug-likeness (QED) is 0.736. The van der Waals surface area contributed by atoms with Gasteiger partial charge in [-0.2, -0.15) is 13.2 Å². The lowest BCUT2D eigenvalue weighted by Crippen LogP contribution is -2.37. The van der Waals surface area contributed by atoms with E-state index in [0.717, 1.165) is 12.1 Å². The van der Waals surface area contributed by atoms with Gasteiger partial charge in [-0.1, -0.05) is 17.9 Å². The van der Waals surface area contributed by atoms with Crippen LogP contribution >= 0.6 is 0 Å². The van der Waals surface area contributed by atoms with Crippen molar-refractivity contribution in [3.05, 3.63) is 35.4 Å². The molecule has 1 aromatic rings. The molecule has 1 fully saturated rings. The van der Waals surface area contributed by atoms with Crippen LogP contribution in [0.4, 0.5) is 13.2 Å². The van der Waals surface area contributed by atoms with Gasteiger partial charge in [-0.3, -0.25) is 4.79 Å². The highest BCUT2D eigenvalue weighted by molar-refractivity contribution is 5.90. The van der Waals surface area contributed by atoms with E-state index in [1.165, 1.54) is 24.1 Å². The molecule has 0 unspecified atom stereocenters. The molecule has 1 heterocycles. The van der Waals surface area contributed by atoms with Crippen LogP contribution in [0.5, 0.6) is 0 Å². The SMILES string of the molecule is CN1CC[C@@](O)(C#Cc2cccc(C(F)(F)F)c2)C1=O. The second-order valence-corrected chi connectivity index (χ2v) is 4.67. The van der Waals surface area contributed by atoms with Crippen molar-refractivity contribution in [2.75, 3.05) is 13.6 Å². The molecule has 2 rings (SSSR count). The molecule has 1 amide bonds. The third-order valence-corrected chi connectivity index (χ3v) is 3.11. The first kappa shape index (κ1) is 14.4. The molecule has 6 heteroatoms. The summed E-state index contributed by atoms with van der Waals surface area (Å²) in [7, 11) is 1.53. The first-order chi connectivity index (χ1) is 9.22. The zero-order valence-corrected chi connectivity index (χ0v) is 10.7. The van der Waals surface area contributed by atoms with Gasteiger partial charge in [0.2, 0.25) is 5.60 Å². The molecular weight excluding hydrogens is 271 g/mol. The van der Waals surface area contributed by atoms with Crippen LogP contribution in [0, 0.1) is 11.8 Å². The number of carbonyl (C=O) groups is 1. The van der Waals surface area contributed by atoms with Crippen molar-refractivity contribution in [1.29, 1.82) is 0 Å². The molecular formula is C14H12F3NO2. The van der Waals surface area contributed by atoms with Crippen LogP contribution in [0.15, 0.2) is 24.3 Å². The molecule has 0 aliphatic carbocycles. The first-order valence-electron chi connectivity index (χ1n) is 5.91. The van der Waals surface area contributed by atoms with E-state index < -0.39 is 23.2 Å². The van der Waals surface area contributed by atoms with E-state index in [1.54, 1.807) is 0 Å². The third kappa shape index (κ3) is 2.78. The molecule has 1 aliphatic rings. The number of rotatable bonds is 0. The van der Waals surface area contributed by atoms with Crippen LogP contribution < -0.4 is 0 Å². The molecule has 3 nitrogen and oxygen atoms in total. The van der Waals surface area contributed by atoms with Gasteiger partial charge in [0, 0.05) is 25.6 Å². The van der Waals surface area contributed by atoms with Gasteiger partial charge in [-0.25, -0.2) is 0 Å². The van der Waals surface area contributed by atoms with Crippen molar-refractivity contribution in [3.8, 4) is 11.8 Å². The summed E-state index contributed by atoms with van der Waals surface area (Å²) in [5.74, 6) is 4.29. The molecule has 1 aliphatic heterocycles. The lowest BCUT2D eigenvalue weighted by Gasteiger charge is -2.13. The van der Waals surface area contributed by atoms with Gasteiger partial charge in [0.25, 0.3) is 5.91 Å². The van der Waals surface area contributed by atoms with Crippen LogP contribution in [0.1, 0.15) is 17.5 Å². The van der Waals surface area contributed by atoms with Gasteiger partial charge in [-0.15, -0.1) is 0 Å². The van der Waals surface area contributed by atoms with E-state index in [-0.39, 0.29) is 12.0 Å². The van der Waals surface area contributed by atoms with Gasteiger partial charge in [0.15, 0.2) is 0 Å². The molecule has 20 heavy (non-hydrogen) atoms. The van der Waals surface area contributed by atoms with Crippen LogP contribution in [-0.2, 0) is 11.0 Å². The normalized spacial score (nSPS) is 22.6. The van der Waals surface area contributed by atoms with Crippen LogP contribution in [0.25, 0.3) is 0 Å². The Balaban J connectivity index is 2.28. The third-order valence-electron chi connectivity index (χ3n) is 3.11. The number of halogens is 3. The minimum absolute atomic E-state index is 0.107. The molecule has 0 saturated carbocycles. The number of likely N-dealkylation sites (N-methyl/N-ethyl adjacent to an activating group) is 1. The average Bonchev–Trinajstić information content (AvgIpc) is 2.65. The van der Waals surface area contributed by atoms with Crippen LogP contribution in [-0.4, -0.2) is 35.1 Å². The molecule has 1 N–H and O–H groups in total.